The highest BCUT2D eigenvalue weighted by atomic mass is 16.5. The van der Waals surface area contributed by atoms with Crippen LogP contribution >= 0.6 is 0 Å². The lowest BCUT2D eigenvalue weighted by Gasteiger charge is -2.23. The van der Waals surface area contributed by atoms with E-state index in [-0.39, 0.29) is 0 Å². The first-order chi connectivity index (χ1) is 7.86. The predicted octanol–water partition coefficient (Wildman–Crippen LogP) is 3.54. The first-order valence-electron chi connectivity index (χ1n) is 5.64. The Morgan fingerprint density at radius 1 is 1.31 bits per heavy atom. The van der Waals surface area contributed by atoms with E-state index >= 15 is 0 Å². The van der Waals surface area contributed by atoms with E-state index in [0.717, 1.165) is 35.7 Å². The van der Waals surface area contributed by atoms with Crippen LogP contribution in [-0.2, 0) is 0 Å². The van der Waals surface area contributed by atoms with Crippen LogP contribution in [0.25, 0.3) is 6.08 Å². The molecule has 1 aliphatic carbocycles. The molecule has 1 aliphatic heterocycles. The summed E-state index contributed by atoms with van der Waals surface area (Å²) in [5.74, 6) is 2.77. The first-order valence-corrected chi connectivity index (χ1v) is 5.64. The van der Waals surface area contributed by atoms with Gasteiger partial charge in [0, 0.05) is 11.6 Å². The Balaban J connectivity index is 2.06. The predicted molar refractivity (Wildman–Crippen MR) is 63.5 cm³/mol. The van der Waals surface area contributed by atoms with Gasteiger partial charge in [0.05, 0.1) is 7.11 Å². The van der Waals surface area contributed by atoms with Crippen molar-refractivity contribution in [3.8, 4) is 11.5 Å². The van der Waals surface area contributed by atoms with Gasteiger partial charge in [-0.05, 0) is 49.1 Å². The van der Waals surface area contributed by atoms with Crippen molar-refractivity contribution in [3.05, 3.63) is 41.2 Å². The van der Waals surface area contributed by atoms with Crippen molar-refractivity contribution in [2.24, 2.45) is 0 Å². The summed E-state index contributed by atoms with van der Waals surface area (Å²) in [6.07, 6.45) is 7.87. The molecule has 0 atom stereocenters. The molecule has 0 amide bonds. The van der Waals surface area contributed by atoms with Gasteiger partial charge in [0.25, 0.3) is 0 Å². The van der Waals surface area contributed by atoms with Gasteiger partial charge in [-0.1, -0.05) is 0 Å². The highest BCUT2D eigenvalue weighted by molar-refractivity contribution is 5.68. The maximum atomic E-state index is 5.89. The Morgan fingerprint density at radius 3 is 3.12 bits per heavy atom. The molecular weight excluding hydrogens is 200 g/mol. The number of rotatable bonds is 1. The SMILES string of the molecule is COc1ccc2c(c1)OC1=CCCCC1=C2. The average molecular weight is 214 g/mol. The van der Waals surface area contributed by atoms with Crippen LogP contribution in [0, 0.1) is 0 Å². The molecule has 2 heteroatoms. The van der Waals surface area contributed by atoms with Crippen LogP contribution in [0.3, 0.4) is 0 Å². The quantitative estimate of drug-likeness (QED) is 0.711. The van der Waals surface area contributed by atoms with Crippen LogP contribution in [0.1, 0.15) is 24.8 Å². The number of hydrogen-bond donors (Lipinski definition) is 0. The highest BCUT2D eigenvalue weighted by Gasteiger charge is 2.19. The summed E-state index contributed by atoms with van der Waals surface area (Å²) in [6, 6.07) is 5.96. The van der Waals surface area contributed by atoms with Gasteiger partial charge in [-0.25, -0.2) is 0 Å². The van der Waals surface area contributed by atoms with Gasteiger partial charge < -0.3 is 9.47 Å². The Bertz CT molecular complexity index is 484. The molecule has 2 nitrogen and oxygen atoms in total. The molecular formula is C14H14O2. The molecule has 0 aromatic heterocycles. The molecule has 0 spiro atoms. The fourth-order valence-electron chi connectivity index (χ4n) is 2.19. The van der Waals surface area contributed by atoms with E-state index in [1.807, 2.05) is 18.2 Å². The van der Waals surface area contributed by atoms with E-state index in [1.54, 1.807) is 7.11 Å². The van der Waals surface area contributed by atoms with Gasteiger partial charge in [-0.3, -0.25) is 0 Å². The van der Waals surface area contributed by atoms with Crippen molar-refractivity contribution in [3.63, 3.8) is 0 Å². The van der Waals surface area contributed by atoms with Crippen molar-refractivity contribution in [1.82, 2.24) is 0 Å². The lowest BCUT2D eigenvalue weighted by molar-refractivity contribution is 0.395. The lowest BCUT2D eigenvalue weighted by Crippen LogP contribution is -2.08. The summed E-state index contributed by atoms with van der Waals surface area (Å²) in [4.78, 5) is 0. The van der Waals surface area contributed by atoms with E-state index in [4.69, 9.17) is 9.47 Å². The van der Waals surface area contributed by atoms with Crippen LogP contribution in [0.5, 0.6) is 11.5 Å². The van der Waals surface area contributed by atoms with Gasteiger partial charge in [-0.15, -0.1) is 0 Å². The summed E-state index contributed by atoms with van der Waals surface area (Å²) < 4.78 is 11.1. The van der Waals surface area contributed by atoms with E-state index in [9.17, 15) is 0 Å². The third-order valence-corrected chi connectivity index (χ3v) is 3.07. The molecule has 0 saturated carbocycles. The number of fused-ring (bicyclic) bond motifs is 2. The summed E-state index contributed by atoms with van der Waals surface area (Å²) in [5.41, 5.74) is 2.47. The van der Waals surface area contributed by atoms with Crippen molar-refractivity contribution in [2.45, 2.75) is 19.3 Å². The molecule has 0 unspecified atom stereocenters. The third kappa shape index (κ3) is 1.51. The second-order valence-corrected chi connectivity index (χ2v) is 4.14. The minimum absolute atomic E-state index is 0.840. The van der Waals surface area contributed by atoms with Crippen molar-refractivity contribution in [2.75, 3.05) is 7.11 Å². The molecule has 3 rings (SSSR count). The molecule has 16 heavy (non-hydrogen) atoms. The zero-order valence-electron chi connectivity index (χ0n) is 9.32. The number of allylic oxidation sites excluding steroid dienone is 2. The number of benzene rings is 1. The smallest absolute Gasteiger partial charge is 0.138 e. The van der Waals surface area contributed by atoms with E-state index < -0.39 is 0 Å². The molecule has 1 aromatic rings. The summed E-state index contributed by atoms with van der Waals surface area (Å²) in [7, 11) is 1.67. The van der Waals surface area contributed by atoms with Gasteiger partial charge in [0.2, 0.25) is 0 Å². The van der Waals surface area contributed by atoms with Crippen molar-refractivity contribution < 1.29 is 9.47 Å². The monoisotopic (exact) mass is 214 g/mol. The Labute approximate surface area is 95.2 Å². The van der Waals surface area contributed by atoms with E-state index in [0.29, 0.717) is 0 Å². The zero-order valence-corrected chi connectivity index (χ0v) is 9.32. The largest absolute Gasteiger partial charge is 0.497 e. The third-order valence-electron chi connectivity index (χ3n) is 3.07. The first kappa shape index (κ1) is 9.52. The Morgan fingerprint density at radius 2 is 2.25 bits per heavy atom. The molecule has 0 saturated heterocycles. The molecule has 0 N–H and O–H groups in total. The summed E-state index contributed by atoms with van der Waals surface area (Å²) in [5, 5.41) is 0. The van der Waals surface area contributed by atoms with E-state index in [1.165, 1.54) is 12.0 Å². The van der Waals surface area contributed by atoms with Gasteiger partial charge in [0.15, 0.2) is 0 Å². The van der Waals surface area contributed by atoms with Gasteiger partial charge in [-0.2, -0.15) is 0 Å². The maximum absolute atomic E-state index is 5.89. The molecule has 0 bridgehead atoms. The molecule has 1 heterocycles. The van der Waals surface area contributed by atoms with Crippen LogP contribution < -0.4 is 9.47 Å². The van der Waals surface area contributed by atoms with Crippen LogP contribution in [0.4, 0.5) is 0 Å². The fourth-order valence-corrected chi connectivity index (χ4v) is 2.19. The van der Waals surface area contributed by atoms with Gasteiger partial charge >= 0.3 is 0 Å². The lowest BCUT2D eigenvalue weighted by atomic mass is 9.95. The van der Waals surface area contributed by atoms with Crippen LogP contribution in [-0.4, -0.2) is 7.11 Å². The minimum atomic E-state index is 0.840. The van der Waals surface area contributed by atoms with Crippen molar-refractivity contribution >= 4 is 6.08 Å². The second kappa shape index (κ2) is 3.71. The Kier molecular flexibility index (Phi) is 2.21. The average Bonchev–Trinajstić information content (AvgIpc) is 2.35. The number of ether oxygens (including phenoxy) is 2. The zero-order chi connectivity index (χ0) is 11.0. The molecule has 2 aliphatic rings. The molecule has 82 valence electrons. The topological polar surface area (TPSA) is 18.5 Å². The number of methoxy groups -OCH3 is 1. The Hall–Kier alpha value is -1.70. The molecule has 0 fully saturated rings. The minimum Gasteiger partial charge on any atom is -0.497 e. The van der Waals surface area contributed by atoms with Crippen molar-refractivity contribution in [1.29, 1.82) is 0 Å². The molecule has 1 aromatic carbocycles. The normalized spacial score (nSPS) is 17.6. The highest BCUT2D eigenvalue weighted by Crippen LogP contribution is 2.37. The fraction of sp³-hybridized carbons (Fsp3) is 0.286. The molecule has 0 radical (unpaired) electrons. The maximum Gasteiger partial charge on any atom is 0.138 e. The summed E-state index contributed by atoms with van der Waals surface area (Å²) >= 11 is 0. The standard InChI is InChI=1S/C14H14O2/c1-15-12-7-6-11-8-10-4-2-3-5-13(10)16-14(11)9-12/h5-9H,2-4H2,1H3. The summed E-state index contributed by atoms with van der Waals surface area (Å²) in [6.45, 7) is 0. The second-order valence-electron chi connectivity index (χ2n) is 4.14. The van der Waals surface area contributed by atoms with Gasteiger partial charge in [0.1, 0.15) is 17.3 Å². The van der Waals surface area contributed by atoms with Crippen LogP contribution in [0.15, 0.2) is 35.6 Å². The number of hydrogen-bond acceptors (Lipinski definition) is 2. The van der Waals surface area contributed by atoms with Crippen LogP contribution in [0.2, 0.25) is 0 Å². The van der Waals surface area contributed by atoms with E-state index in [2.05, 4.69) is 12.2 Å².